The summed E-state index contributed by atoms with van der Waals surface area (Å²) in [6.45, 7) is 6.76. The average molecular weight is 412 g/mol. The van der Waals surface area contributed by atoms with E-state index in [1.54, 1.807) is 6.42 Å². The van der Waals surface area contributed by atoms with Gasteiger partial charge in [-0.05, 0) is 98.5 Å². The molecule has 5 fully saturated rings. The van der Waals surface area contributed by atoms with Crippen LogP contribution in [0, 0.1) is 23.7 Å². The maximum Gasteiger partial charge on any atom is 0.173 e. The summed E-state index contributed by atoms with van der Waals surface area (Å²) in [6, 6.07) is 9.72. The minimum Gasteiger partial charge on any atom is -0.346 e. The minimum absolute atomic E-state index is 0.877. The predicted octanol–water partition coefficient (Wildman–Crippen LogP) is 5.17. The van der Waals surface area contributed by atoms with Gasteiger partial charge in [-0.15, -0.1) is 0 Å². The van der Waals surface area contributed by atoms with E-state index in [4.69, 9.17) is 12.2 Å². The van der Waals surface area contributed by atoms with E-state index in [9.17, 15) is 0 Å². The van der Waals surface area contributed by atoms with Gasteiger partial charge >= 0.3 is 0 Å². The van der Waals surface area contributed by atoms with E-state index in [2.05, 4.69) is 46.3 Å². The molecule has 29 heavy (non-hydrogen) atoms. The molecule has 1 saturated heterocycles. The van der Waals surface area contributed by atoms with E-state index in [0.29, 0.717) is 0 Å². The predicted molar refractivity (Wildman–Crippen MR) is 125 cm³/mol. The zero-order valence-electron chi connectivity index (χ0n) is 18.0. The molecule has 0 aromatic heterocycles. The van der Waals surface area contributed by atoms with Crippen LogP contribution in [-0.2, 0) is 6.42 Å². The number of hydrogen-bond donors (Lipinski definition) is 1. The van der Waals surface area contributed by atoms with Crippen molar-refractivity contribution in [2.24, 2.45) is 23.7 Å². The second-order valence-electron chi connectivity index (χ2n) is 10.2. The lowest BCUT2D eigenvalue weighted by Gasteiger charge is -2.58. The summed E-state index contributed by atoms with van der Waals surface area (Å²) < 4.78 is 0. The van der Waals surface area contributed by atoms with Crippen molar-refractivity contribution in [2.45, 2.75) is 64.3 Å². The molecule has 1 heterocycles. The third-order valence-electron chi connectivity index (χ3n) is 8.22. The molecule has 1 aromatic rings. The van der Waals surface area contributed by atoms with Crippen LogP contribution in [-0.4, -0.2) is 47.1 Å². The lowest BCUT2D eigenvalue weighted by Crippen LogP contribution is -2.60. The summed E-state index contributed by atoms with van der Waals surface area (Å²) >= 11 is 5.75. The largest absolute Gasteiger partial charge is 0.346 e. The van der Waals surface area contributed by atoms with Gasteiger partial charge in [0.1, 0.15) is 0 Å². The standard InChI is InChI=1S/C25H37N3S/c1-2-3-4-18-5-7-23(8-6-18)26-25(29)28-11-9-27(10-12-28)24-21-14-19-13-20(16-21)17-22(24)15-19/h5-8,19-22,24H,2-4,9-17H2,1H3,(H,26,29). The molecule has 0 unspecified atom stereocenters. The molecule has 1 N–H and O–H groups in total. The van der Waals surface area contributed by atoms with Gasteiger partial charge in [0.05, 0.1) is 0 Å². The zero-order valence-corrected chi connectivity index (χ0v) is 18.8. The lowest BCUT2D eigenvalue weighted by molar-refractivity contribution is -0.0726. The van der Waals surface area contributed by atoms with Crippen molar-refractivity contribution in [1.29, 1.82) is 0 Å². The molecule has 0 radical (unpaired) electrons. The van der Waals surface area contributed by atoms with Crippen LogP contribution in [0.1, 0.15) is 57.4 Å². The smallest absolute Gasteiger partial charge is 0.173 e. The average Bonchev–Trinajstić information content (AvgIpc) is 2.73. The Morgan fingerprint density at radius 1 is 0.931 bits per heavy atom. The van der Waals surface area contributed by atoms with Crippen LogP contribution in [0.2, 0.25) is 0 Å². The number of nitrogens with zero attached hydrogens (tertiary/aromatic N) is 2. The number of aryl methyl sites for hydroxylation is 1. The van der Waals surface area contributed by atoms with Crippen molar-refractivity contribution in [2.75, 3.05) is 31.5 Å². The molecule has 0 amide bonds. The summed E-state index contributed by atoms with van der Waals surface area (Å²) in [5.41, 5.74) is 2.55. The maximum absolute atomic E-state index is 5.75. The molecular weight excluding hydrogens is 374 g/mol. The van der Waals surface area contributed by atoms with Crippen LogP contribution in [0.3, 0.4) is 0 Å². The molecule has 0 spiro atoms. The van der Waals surface area contributed by atoms with Crippen LogP contribution in [0.15, 0.2) is 24.3 Å². The second kappa shape index (κ2) is 8.55. The van der Waals surface area contributed by atoms with Crippen molar-refractivity contribution in [1.82, 2.24) is 9.80 Å². The Labute approximate surface area is 182 Å². The number of hydrogen-bond acceptors (Lipinski definition) is 2. The maximum atomic E-state index is 5.75. The van der Waals surface area contributed by atoms with Crippen LogP contribution >= 0.6 is 12.2 Å². The van der Waals surface area contributed by atoms with Gasteiger partial charge in [0, 0.05) is 37.9 Å². The van der Waals surface area contributed by atoms with Gasteiger partial charge in [0.15, 0.2) is 5.11 Å². The fraction of sp³-hybridized carbons (Fsp3) is 0.720. The Balaban J connectivity index is 1.12. The van der Waals surface area contributed by atoms with E-state index in [1.807, 2.05) is 0 Å². The number of rotatable bonds is 5. The Bertz CT molecular complexity index is 679. The summed E-state index contributed by atoms with van der Waals surface area (Å²) in [6.07, 6.45) is 11.3. The molecule has 158 valence electrons. The highest BCUT2D eigenvalue weighted by molar-refractivity contribution is 7.80. The number of thiocarbonyl (C=S) groups is 1. The topological polar surface area (TPSA) is 18.5 Å². The molecule has 4 aliphatic carbocycles. The monoisotopic (exact) mass is 411 g/mol. The van der Waals surface area contributed by atoms with Gasteiger partial charge in [-0.25, -0.2) is 0 Å². The Morgan fingerprint density at radius 3 is 2.14 bits per heavy atom. The number of benzene rings is 1. The van der Waals surface area contributed by atoms with Gasteiger partial charge in [0.25, 0.3) is 0 Å². The number of nitrogens with one attached hydrogen (secondary N) is 1. The molecule has 1 aliphatic heterocycles. The summed E-state index contributed by atoms with van der Waals surface area (Å²) in [5, 5.41) is 4.38. The van der Waals surface area contributed by atoms with Gasteiger partial charge in [-0.1, -0.05) is 25.5 Å². The molecule has 4 heteroatoms. The highest BCUT2D eigenvalue weighted by atomic mass is 32.1. The van der Waals surface area contributed by atoms with Gasteiger partial charge in [0.2, 0.25) is 0 Å². The molecular formula is C25H37N3S. The van der Waals surface area contributed by atoms with Crippen molar-refractivity contribution in [3.05, 3.63) is 29.8 Å². The van der Waals surface area contributed by atoms with Gasteiger partial charge < -0.3 is 10.2 Å². The van der Waals surface area contributed by atoms with Crippen molar-refractivity contribution < 1.29 is 0 Å². The highest BCUT2D eigenvalue weighted by Gasteiger charge is 2.50. The van der Waals surface area contributed by atoms with E-state index < -0.39 is 0 Å². The zero-order chi connectivity index (χ0) is 19.8. The first-order chi connectivity index (χ1) is 14.2. The highest BCUT2D eigenvalue weighted by Crippen LogP contribution is 2.55. The number of piperazine rings is 1. The summed E-state index contributed by atoms with van der Waals surface area (Å²) in [7, 11) is 0. The Kier molecular flexibility index (Phi) is 5.84. The quantitative estimate of drug-likeness (QED) is 0.674. The third kappa shape index (κ3) is 4.20. The summed E-state index contributed by atoms with van der Waals surface area (Å²) in [4.78, 5) is 5.22. The van der Waals surface area contributed by atoms with E-state index >= 15 is 0 Å². The van der Waals surface area contributed by atoms with Gasteiger partial charge in [-0.3, -0.25) is 4.90 Å². The van der Waals surface area contributed by atoms with Crippen molar-refractivity contribution >= 4 is 23.0 Å². The molecule has 6 rings (SSSR count). The minimum atomic E-state index is 0.877. The van der Waals surface area contributed by atoms with E-state index in [1.165, 1.54) is 63.6 Å². The summed E-state index contributed by atoms with van der Waals surface area (Å²) in [5.74, 6) is 4.13. The Hall–Kier alpha value is -1.13. The van der Waals surface area contributed by atoms with Gasteiger partial charge in [-0.2, -0.15) is 0 Å². The second-order valence-corrected chi connectivity index (χ2v) is 10.6. The van der Waals surface area contributed by atoms with E-state index in [-0.39, 0.29) is 0 Å². The van der Waals surface area contributed by atoms with E-state index in [0.717, 1.165) is 53.6 Å². The molecule has 4 saturated carbocycles. The molecule has 5 aliphatic rings. The van der Waals surface area contributed by atoms with Crippen LogP contribution in [0.25, 0.3) is 0 Å². The molecule has 0 atom stereocenters. The fourth-order valence-electron chi connectivity index (χ4n) is 7.05. The van der Waals surface area contributed by atoms with Crippen molar-refractivity contribution in [3.63, 3.8) is 0 Å². The SMILES string of the molecule is CCCCc1ccc(NC(=S)N2CCN(C3C4CC5CC(C4)CC3C5)CC2)cc1. The van der Waals surface area contributed by atoms with Crippen LogP contribution in [0.4, 0.5) is 5.69 Å². The lowest BCUT2D eigenvalue weighted by atomic mass is 9.54. The molecule has 1 aromatic carbocycles. The fourth-order valence-corrected chi connectivity index (χ4v) is 7.35. The number of unbranched alkanes of at least 4 members (excludes halogenated alkanes) is 1. The molecule has 4 bridgehead atoms. The van der Waals surface area contributed by atoms with Crippen LogP contribution < -0.4 is 5.32 Å². The molecule has 3 nitrogen and oxygen atoms in total. The Morgan fingerprint density at radius 2 is 1.55 bits per heavy atom. The van der Waals surface area contributed by atoms with Crippen molar-refractivity contribution in [3.8, 4) is 0 Å². The van der Waals surface area contributed by atoms with Crippen LogP contribution in [0.5, 0.6) is 0 Å². The third-order valence-corrected chi connectivity index (χ3v) is 8.58. The first-order valence-corrected chi connectivity index (χ1v) is 12.5. The first-order valence-electron chi connectivity index (χ1n) is 12.1. The number of anilines is 1. The first kappa shape index (κ1) is 19.8. The normalized spacial score (nSPS) is 33.8.